The average molecular weight is 883 g/mol. The van der Waals surface area contributed by atoms with Gasteiger partial charge in [0.25, 0.3) is 0 Å². The summed E-state index contributed by atoms with van der Waals surface area (Å²) < 4.78 is 77.3. The Morgan fingerprint density at radius 3 is 1.57 bits per heavy atom. The monoisotopic (exact) mass is 880 g/mol. The molecule has 0 amide bonds. The van der Waals surface area contributed by atoms with Crippen LogP contribution in [0.4, 0.5) is 26.3 Å². The van der Waals surface area contributed by atoms with Crippen LogP contribution in [-0.2, 0) is 55.8 Å². The van der Waals surface area contributed by atoms with Crippen LogP contribution in [-0.4, -0.2) is 0 Å². The van der Waals surface area contributed by atoms with Crippen molar-refractivity contribution in [3.05, 3.63) is 178 Å². The summed E-state index contributed by atoms with van der Waals surface area (Å²) in [6, 6.07) is 38.6. The standard InChI is InChI=1S/C30H33.C17H9F6.2ClH.Zr/c1-29(2,3)24-17-23(18-25(20-24)30(4,5)6)27-19-22-14-10-11-15-26(22)28(27)16-21-12-8-7-9-13-21;18-16(19,20)14-7-13(8-15(9-14)17(21,22)23)12-5-10-3-1-2-4-11(10)6-12;;;/h7-15,17-18,20,28H,16H2,1-6H3;1-9H;2*1H;/q2*-1;;;+4/p-2. The van der Waals surface area contributed by atoms with Crippen molar-refractivity contribution in [3.63, 3.8) is 0 Å². The van der Waals surface area contributed by atoms with E-state index in [9.17, 15) is 26.3 Å². The van der Waals surface area contributed by atoms with E-state index in [1.165, 1.54) is 39.0 Å². The fourth-order valence-corrected chi connectivity index (χ4v) is 6.73. The third kappa shape index (κ3) is 10.9. The van der Waals surface area contributed by atoms with E-state index in [1.807, 2.05) is 0 Å². The van der Waals surface area contributed by atoms with E-state index in [1.54, 1.807) is 36.4 Å². The molecule has 6 aromatic carbocycles. The molecule has 7 rings (SSSR count). The number of rotatable bonds is 4. The van der Waals surface area contributed by atoms with Gasteiger partial charge in [-0.05, 0) is 34.8 Å². The first kappa shape index (κ1) is 46.9. The van der Waals surface area contributed by atoms with Gasteiger partial charge in [-0.15, -0.1) is 75.5 Å². The minimum atomic E-state index is -4.85. The predicted molar refractivity (Wildman–Crippen MR) is 204 cm³/mol. The number of fused-ring (bicyclic) bond motifs is 2. The molecule has 6 aromatic rings. The van der Waals surface area contributed by atoms with Crippen molar-refractivity contribution in [3.8, 4) is 11.1 Å². The van der Waals surface area contributed by atoms with Gasteiger partial charge >= 0.3 is 38.6 Å². The minimum Gasteiger partial charge on any atom is -1.00 e. The second-order valence-electron chi connectivity index (χ2n) is 15.8. The number of halogens is 8. The van der Waals surface area contributed by atoms with E-state index in [0.29, 0.717) is 11.5 Å². The van der Waals surface area contributed by atoms with Gasteiger partial charge in [0.05, 0.1) is 0 Å². The van der Waals surface area contributed by atoms with Gasteiger partial charge in [0.1, 0.15) is 0 Å². The van der Waals surface area contributed by atoms with Gasteiger partial charge in [-0.2, -0.15) is 26.3 Å². The Labute approximate surface area is 357 Å². The van der Waals surface area contributed by atoms with Gasteiger partial charge in [0.15, 0.2) is 0 Å². The summed E-state index contributed by atoms with van der Waals surface area (Å²) in [5.41, 5.74) is 7.27. The molecule has 1 aliphatic rings. The van der Waals surface area contributed by atoms with Crippen LogP contribution < -0.4 is 24.8 Å². The van der Waals surface area contributed by atoms with Crippen LogP contribution in [0.3, 0.4) is 0 Å². The van der Waals surface area contributed by atoms with Crippen molar-refractivity contribution < 1.29 is 77.4 Å². The zero-order chi connectivity index (χ0) is 38.3. The van der Waals surface area contributed by atoms with Gasteiger partial charge in [-0.3, -0.25) is 0 Å². The van der Waals surface area contributed by atoms with Crippen LogP contribution in [0.25, 0.3) is 27.5 Å². The maximum atomic E-state index is 12.9. The van der Waals surface area contributed by atoms with Crippen molar-refractivity contribution in [1.29, 1.82) is 0 Å². The van der Waals surface area contributed by atoms with Gasteiger partial charge < -0.3 is 24.8 Å². The summed E-state index contributed by atoms with van der Waals surface area (Å²) >= 11 is 0. The molecule has 1 atom stereocenters. The second-order valence-corrected chi connectivity index (χ2v) is 15.8. The molecule has 0 saturated heterocycles. The van der Waals surface area contributed by atoms with Crippen molar-refractivity contribution in [2.75, 3.05) is 0 Å². The van der Waals surface area contributed by atoms with Crippen molar-refractivity contribution >= 4 is 16.3 Å². The zero-order valence-corrected chi connectivity index (χ0v) is 35.9. The van der Waals surface area contributed by atoms with Crippen LogP contribution in [0.1, 0.15) is 92.0 Å². The number of benzene rings is 5. The minimum absolute atomic E-state index is 0. The van der Waals surface area contributed by atoms with Gasteiger partial charge in [-0.25, -0.2) is 0 Å². The van der Waals surface area contributed by atoms with E-state index in [2.05, 4.69) is 120 Å². The van der Waals surface area contributed by atoms with E-state index < -0.39 is 23.5 Å². The fraction of sp³-hybridized carbons (Fsp3) is 0.255. The molecule has 290 valence electrons. The Balaban J connectivity index is 0.000000294. The largest absolute Gasteiger partial charge is 4.00 e. The molecule has 9 heteroatoms. The van der Waals surface area contributed by atoms with Crippen molar-refractivity contribution in [2.45, 2.75) is 77.1 Å². The van der Waals surface area contributed by atoms with Crippen LogP contribution in [0, 0.1) is 6.08 Å². The first-order valence-electron chi connectivity index (χ1n) is 17.7. The Bertz CT molecular complexity index is 2170. The normalized spacial score (nSPS) is 14.0. The fourth-order valence-electron chi connectivity index (χ4n) is 6.73. The van der Waals surface area contributed by atoms with Crippen molar-refractivity contribution in [2.24, 2.45) is 0 Å². The molecule has 1 aliphatic carbocycles. The molecular weight excluding hydrogens is 841 g/mol. The maximum absolute atomic E-state index is 12.9. The van der Waals surface area contributed by atoms with Gasteiger partial charge in [-0.1, -0.05) is 149 Å². The third-order valence-corrected chi connectivity index (χ3v) is 9.75. The Kier molecular flexibility index (Phi) is 15.0. The van der Waals surface area contributed by atoms with E-state index in [-0.39, 0.29) is 73.5 Å². The van der Waals surface area contributed by atoms with Gasteiger partial charge in [0.2, 0.25) is 0 Å². The number of alkyl halides is 6. The molecule has 0 heterocycles. The molecule has 0 aliphatic heterocycles. The summed E-state index contributed by atoms with van der Waals surface area (Å²) in [6.45, 7) is 13.8. The topological polar surface area (TPSA) is 0 Å². The van der Waals surface area contributed by atoms with Gasteiger partial charge in [0, 0.05) is 11.1 Å². The zero-order valence-electron chi connectivity index (χ0n) is 31.9. The molecule has 0 bridgehead atoms. The molecule has 0 fully saturated rings. The molecular formula is C47H42Cl2F6Zr. The van der Waals surface area contributed by atoms with E-state index in [0.717, 1.165) is 29.3 Å². The predicted octanol–water partition coefficient (Wildman–Crippen LogP) is 8.13. The third-order valence-electron chi connectivity index (χ3n) is 9.75. The molecule has 0 radical (unpaired) electrons. The summed E-state index contributed by atoms with van der Waals surface area (Å²) in [6.07, 6.45) is -4.89. The first-order chi connectivity index (χ1) is 24.8. The number of hydrogen-bond donors (Lipinski definition) is 0. The summed E-state index contributed by atoms with van der Waals surface area (Å²) in [5.74, 6) is 0.339. The molecule has 0 saturated carbocycles. The number of allylic oxidation sites excluding steroid dienone is 1. The Morgan fingerprint density at radius 1 is 0.554 bits per heavy atom. The van der Waals surface area contributed by atoms with Crippen molar-refractivity contribution in [1.82, 2.24) is 0 Å². The van der Waals surface area contributed by atoms with Crippen LogP contribution in [0.2, 0.25) is 0 Å². The number of hydrogen-bond acceptors (Lipinski definition) is 0. The SMILES string of the molecule is CC(C)(C)c1cc(C2=[C-]c3ccccc3C2Cc2ccccc2)cc(C(C)(C)C)c1.FC(F)(F)c1cc(-c2cc3ccccc3[cH-]2)cc(C(F)(F)F)c1.[Cl-].[Cl-].[Zr+4]. The second kappa shape index (κ2) is 18.0. The molecule has 1 unspecified atom stereocenters. The summed E-state index contributed by atoms with van der Waals surface area (Å²) in [7, 11) is 0. The smallest absolute Gasteiger partial charge is 1.00 e. The van der Waals surface area contributed by atoms with Crippen LogP contribution in [0.15, 0.2) is 127 Å². The van der Waals surface area contributed by atoms with E-state index in [4.69, 9.17) is 0 Å². The molecule has 56 heavy (non-hydrogen) atoms. The Hall–Kier alpha value is -3.51. The summed E-state index contributed by atoms with van der Waals surface area (Å²) in [4.78, 5) is 0. The molecule has 0 nitrogen and oxygen atoms in total. The molecule has 0 aromatic heterocycles. The summed E-state index contributed by atoms with van der Waals surface area (Å²) in [5, 5.41) is 1.52. The molecule has 0 spiro atoms. The van der Waals surface area contributed by atoms with Crippen LogP contribution >= 0.6 is 0 Å². The first-order valence-corrected chi connectivity index (χ1v) is 17.7. The molecule has 0 N–H and O–H groups in total. The Morgan fingerprint density at radius 2 is 1.04 bits per heavy atom. The maximum Gasteiger partial charge on any atom is 4.00 e. The quantitative estimate of drug-likeness (QED) is 0.124. The average Bonchev–Trinajstić information content (AvgIpc) is 3.69. The van der Waals surface area contributed by atoms with E-state index >= 15 is 0 Å². The van der Waals surface area contributed by atoms with Crippen LogP contribution in [0.5, 0.6) is 0 Å².